The molecule has 0 spiro atoms. The normalized spacial score (nSPS) is 18.4. The summed E-state index contributed by atoms with van der Waals surface area (Å²) in [5, 5.41) is 10.9. The van der Waals surface area contributed by atoms with Crippen molar-refractivity contribution in [2.24, 2.45) is 0 Å². The van der Waals surface area contributed by atoms with Crippen molar-refractivity contribution >= 4 is 17.4 Å². The van der Waals surface area contributed by atoms with Crippen molar-refractivity contribution in [3.8, 4) is 5.75 Å². The second-order valence-corrected chi connectivity index (χ2v) is 6.74. The molecular formula is C22H25NO6. The third-order valence-corrected chi connectivity index (χ3v) is 4.76. The van der Waals surface area contributed by atoms with Crippen LogP contribution >= 0.6 is 0 Å². The van der Waals surface area contributed by atoms with Gasteiger partial charge in [-0.15, -0.1) is 0 Å². The maximum Gasteiger partial charge on any atom is 0.295 e. The molecule has 0 bridgehead atoms. The predicted octanol–water partition coefficient (Wildman–Crippen LogP) is 3.44. The first-order valence-electron chi connectivity index (χ1n) is 9.54. The van der Waals surface area contributed by atoms with Crippen LogP contribution in [-0.2, 0) is 14.3 Å². The SMILES string of the molecule is CCOc1ccc(/C(O)=C2/C(=O)C(=O)N(CCCOC)C2c2ccc(C)o2)cc1. The van der Waals surface area contributed by atoms with E-state index in [0.717, 1.165) is 0 Å². The molecule has 1 aromatic heterocycles. The van der Waals surface area contributed by atoms with Gasteiger partial charge in [-0.2, -0.15) is 0 Å². The first-order chi connectivity index (χ1) is 14.0. The monoisotopic (exact) mass is 399 g/mol. The van der Waals surface area contributed by atoms with Crippen LogP contribution in [0.1, 0.15) is 36.5 Å². The molecule has 1 aliphatic heterocycles. The molecule has 2 aromatic rings. The lowest BCUT2D eigenvalue weighted by molar-refractivity contribution is -0.140. The Balaban J connectivity index is 2.04. The third kappa shape index (κ3) is 4.19. The summed E-state index contributed by atoms with van der Waals surface area (Å²) >= 11 is 0. The van der Waals surface area contributed by atoms with E-state index in [1.165, 1.54) is 4.90 Å². The highest BCUT2D eigenvalue weighted by Crippen LogP contribution is 2.40. The smallest absolute Gasteiger partial charge is 0.295 e. The summed E-state index contributed by atoms with van der Waals surface area (Å²) in [5.41, 5.74) is 0.447. The second-order valence-electron chi connectivity index (χ2n) is 6.74. The number of ether oxygens (including phenoxy) is 2. The lowest BCUT2D eigenvalue weighted by Gasteiger charge is -2.23. The van der Waals surface area contributed by atoms with Crippen molar-refractivity contribution in [2.75, 3.05) is 26.9 Å². The Bertz CT molecular complexity index is 912. The number of nitrogens with zero attached hydrogens (tertiary/aromatic N) is 1. The number of amides is 1. The van der Waals surface area contributed by atoms with Crippen LogP contribution in [0.5, 0.6) is 5.75 Å². The van der Waals surface area contributed by atoms with Gasteiger partial charge in [0.2, 0.25) is 0 Å². The van der Waals surface area contributed by atoms with Gasteiger partial charge in [0.05, 0.1) is 12.2 Å². The van der Waals surface area contributed by atoms with E-state index >= 15 is 0 Å². The van der Waals surface area contributed by atoms with E-state index < -0.39 is 17.7 Å². The average Bonchev–Trinajstić information content (AvgIpc) is 3.24. The predicted molar refractivity (Wildman–Crippen MR) is 107 cm³/mol. The third-order valence-electron chi connectivity index (χ3n) is 4.76. The van der Waals surface area contributed by atoms with Crippen LogP contribution in [0.3, 0.4) is 0 Å². The molecule has 154 valence electrons. The van der Waals surface area contributed by atoms with Crippen LogP contribution < -0.4 is 4.74 Å². The van der Waals surface area contributed by atoms with E-state index in [2.05, 4.69) is 0 Å². The zero-order valence-corrected chi connectivity index (χ0v) is 16.8. The lowest BCUT2D eigenvalue weighted by atomic mass is 9.99. The number of rotatable bonds is 8. The van der Waals surface area contributed by atoms with Gasteiger partial charge < -0.3 is 23.9 Å². The van der Waals surface area contributed by atoms with E-state index in [4.69, 9.17) is 13.9 Å². The first kappa shape index (κ1) is 20.7. The average molecular weight is 399 g/mol. The molecular weight excluding hydrogens is 374 g/mol. The van der Waals surface area contributed by atoms with E-state index in [-0.39, 0.29) is 11.3 Å². The number of carbonyl (C=O) groups is 2. The number of Topliss-reactive ketones (excluding diaryl/α,β-unsaturated/α-hetero) is 1. The molecule has 1 N–H and O–H groups in total. The zero-order valence-electron chi connectivity index (χ0n) is 16.8. The summed E-state index contributed by atoms with van der Waals surface area (Å²) < 4.78 is 16.2. The molecule has 1 unspecified atom stereocenters. The Kier molecular flexibility index (Phi) is 6.39. The number of aryl methyl sites for hydroxylation is 1. The van der Waals surface area contributed by atoms with Crippen molar-refractivity contribution in [2.45, 2.75) is 26.3 Å². The highest BCUT2D eigenvalue weighted by molar-refractivity contribution is 6.46. The van der Waals surface area contributed by atoms with Gasteiger partial charge in [0, 0.05) is 25.8 Å². The molecule has 29 heavy (non-hydrogen) atoms. The van der Waals surface area contributed by atoms with E-state index in [0.29, 0.717) is 49.0 Å². The highest BCUT2D eigenvalue weighted by Gasteiger charge is 2.47. The second kappa shape index (κ2) is 8.96. The minimum atomic E-state index is -0.785. The summed E-state index contributed by atoms with van der Waals surface area (Å²) in [6, 6.07) is 9.43. The Morgan fingerprint density at radius 2 is 1.90 bits per heavy atom. The molecule has 0 aliphatic carbocycles. The van der Waals surface area contributed by atoms with Gasteiger partial charge in [-0.05, 0) is 56.7 Å². The Morgan fingerprint density at radius 3 is 2.48 bits per heavy atom. The van der Waals surface area contributed by atoms with Crippen LogP contribution in [0.2, 0.25) is 0 Å². The Morgan fingerprint density at radius 1 is 1.17 bits per heavy atom. The maximum absolute atomic E-state index is 12.8. The van der Waals surface area contributed by atoms with Crippen molar-refractivity contribution in [1.82, 2.24) is 4.90 Å². The Labute approximate surface area is 169 Å². The van der Waals surface area contributed by atoms with Crippen LogP contribution in [-0.4, -0.2) is 48.6 Å². The fourth-order valence-corrected chi connectivity index (χ4v) is 3.42. The van der Waals surface area contributed by atoms with Gasteiger partial charge in [-0.3, -0.25) is 9.59 Å². The van der Waals surface area contributed by atoms with Gasteiger partial charge in [-0.25, -0.2) is 0 Å². The topological polar surface area (TPSA) is 89.2 Å². The minimum absolute atomic E-state index is 0.0194. The van der Waals surface area contributed by atoms with E-state index in [9.17, 15) is 14.7 Å². The molecule has 1 saturated heterocycles. The summed E-state index contributed by atoms with van der Waals surface area (Å²) in [7, 11) is 1.58. The number of ketones is 1. The fourth-order valence-electron chi connectivity index (χ4n) is 3.42. The quantitative estimate of drug-likeness (QED) is 0.317. The summed E-state index contributed by atoms with van der Waals surface area (Å²) in [4.78, 5) is 27.0. The fraction of sp³-hybridized carbons (Fsp3) is 0.364. The molecule has 7 heteroatoms. The molecule has 0 saturated carbocycles. The molecule has 0 radical (unpaired) electrons. The van der Waals surface area contributed by atoms with Gasteiger partial charge in [-0.1, -0.05) is 0 Å². The number of hydrogen-bond acceptors (Lipinski definition) is 6. The van der Waals surface area contributed by atoms with E-state index in [1.807, 2.05) is 6.92 Å². The number of hydrogen-bond donors (Lipinski definition) is 1. The molecule has 2 heterocycles. The molecule has 1 aliphatic rings. The summed E-state index contributed by atoms with van der Waals surface area (Å²) in [6.07, 6.45) is 0.558. The van der Waals surface area contributed by atoms with Crippen molar-refractivity contribution in [1.29, 1.82) is 0 Å². The number of carbonyl (C=O) groups excluding carboxylic acids is 2. The van der Waals surface area contributed by atoms with Crippen LogP contribution in [0.4, 0.5) is 0 Å². The number of methoxy groups -OCH3 is 1. The van der Waals surface area contributed by atoms with Crippen molar-refractivity contribution in [3.63, 3.8) is 0 Å². The highest BCUT2D eigenvalue weighted by atomic mass is 16.5. The number of aliphatic hydroxyl groups excluding tert-OH is 1. The number of benzene rings is 1. The summed E-state index contributed by atoms with van der Waals surface area (Å²) in [5.74, 6) is 0.123. The minimum Gasteiger partial charge on any atom is -0.507 e. The maximum atomic E-state index is 12.8. The largest absolute Gasteiger partial charge is 0.507 e. The van der Waals surface area contributed by atoms with Crippen LogP contribution in [0.15, 0.2) is 46.4 Å². The molecule has 3 rings (SSSR count). The van der Waals surface area contributed by atoms with Gasteiger partial charge >= 0.3 is 0 Å². The van der Waals surface area contributed by atoms with Gasteiger partial charge in [0.25, 0.3) is 11.7 Å². The van der Waals surface area contributed by atoms with Crippen LogP contribution in [0.25, 0.3) is 5.76 Å². The molecule has 1 atom stereocenters. The number of likely N-dealkylation sites (tertiary alicyclic amines) is 1. The van der Waals surface area contributed by atoms with Crippen LogP contribution in [0, 0.1) is 6.92 Å². The van der Waals surface area contributed by atoms with Crippen molar-refractivity contribution in [3.05, 3.63) is 59.1 Å². The molecule has 1 fully saturated rings. The van der Waals surface area contributed by atoms with Gasteiger partial charge in [0.15, 0.2) is 0 Å². The number of aliphatic hydroxyl groups is 1. The van der Waals surface area contributed by atoms with E-state index in [1.54, 1.807) is 50.4 Å². The lowest BCUT2D eigenvalue weighted by Crippen LogP contribution is -2.31. The van der Waals surface area contributed by atoms with Gasteiger partial charge in [0.1, 0.15) is 29.1 Å². The summed E-state index contributed by atoms with van der Waals surface area (Å²) in [6.45, 7) is 4.95. The van der Waals surface area contributed by atoms with Crippen molar-refractivity contribution < 1.29 is 28.6 Å². The molecule has 7 nitrogen and oxygen atoms in total. The zero-order chi connectivity index (χ0) is 21.0. The standard InChI is InChI=1S/C22H25NO6/c1-4-28-16-9-7-15(8-10-16)20(24)18-19(17-11-6-14(2)29-17)23(12-5-13-27-3)22(26)21(18)25/h6-11,19,24H,4-5,12-13H2,1-3H3/b20-18-. The first-order valence-corrected chi connectivity index (χ1v) is 9.54. The molecule has 1 aromatic carbocycles. The Hall–Kier alpha value is -3.06. The number of furan rings is 1. The molecule has 1 amide bonds.